The van der Waals surface area contributed by atoms with Crippen LogP contribution >= 0.6 is 7.60 Å². The molecule has 0 radical (unpaired) electrons. The Balaban J connectivity index is 1.46. The molecule has 3 heterocycles. The highest BCUT2D eigenvalue weighted by Crippen LogP contribution is 2.36. The molecule has 34 heteroatoms. The minimum atomic E-state index is -4.04. The van der Waals surface area contributed by atoms with Crippen LogP contribution in [-0.4, -0.2) is 297 Å². The summed E-state index contributed by atoms with van der Waals surface area (Å²) in [5.74, 6) is -2.46. The third kappa shape index (κ3) is 37.1. The van der Waals surface area contributed by atoms with Gasteiger partial charge < -0.3 is 125 Å². The summed E-state index contributed by atoms with van der Waals surface area (Å²) >= 11 is 0. The van der Waals surface area contributed by atoms with Crippen LogP contribution in [0, 0.1) is 0 Å². The topological polar surface area (TPSA) is 490 Å². The zero-order valence-electron chi connectivity index (χ0n) is 59.9. The minimum absolute atomic E-state index is 0.0911. The number of nitrogens with zero attached hydrogens (tertiary/aromatic N) is 2. The van der Waals surface area contributed by atoms with Gasteiger partial charge in [-0.2, -0.15) is 0 Å². The van der Waals surface area contributed by atoms with Crippen molar-refractivity contribution in [2.24, 2.45) is 0 Å². The highest BCUT2D eigenvalue weighted by atomic mass is 31.2. The molecular formula is C67H124N7O26P. The van der Waals surface area contributed by atoms with Gasteiger partial charge in [-0.25, -0.2) is 0 Å². The fourth-order valence-corrected chi connectivity index (χ4v) is 12.6. The second kappa shape index (κ2) is 51.9. The first kappa shape index (κ1) is 91.0. The van der Waals surface area contributed by atoms with Crippen LogP contribution in [-0.2, 0) is 71.1 Å². The van der Waals surface area contributed by atoms with Crippen LogP contribution in [0.2, 0.25) is 0 Å². The molecule has 3 rings (SSSR count). The van der Waals surface area contributed by atoms with Gasteiger partial charge in [-0.05, 0) is 57.8 Å². The molecular weight excluding hydrogens is 1350 g/mol. The van der Waals surface area contributed by atoms with Crippen LogP contribution in [0.15, 0.2) is 0 Å². The number of hydrogen-bond acceptors (Lipinski definition) is 25. The van der Waals surface area contributed by atoms with Gasteiger partial charge in [0.05, 0.1) is 26.4 Å². The van der Waals surface area contributed by atoms with Gasteiger partial charge in [-0.3, -0.25) is 38.1 Å². The van der Waals surface area contributed by atoms with E-state index in [1.54, 1.807) is 4.90 Å². The summed E-state index contributed by atoms with van der Waals surface area (Å²) in [7, 11) is -4.04. The van der Waals surface area contributed by atoms with Crippen LogP contribution in [0.3, 0.4) is 0 Å². The molecule has 17 atom stereocenters. The Morgan fingerprint density at radius 2 is 0.723 bits per heavy atom. The van der Waals surface area contributed by atoms with Gasteiger partial charge in [0.25, 0.3) is 5.91 Å². The highest BCUT2D eigenvalue weighted by molar-refractivity contribution is 7.51. The molecule has 3 saturated heterocycles. The van der Waals surface area contributed by atoms with E-state index in [1.165, 1.54) is 25.7 Å². The standard InChI is InChI=1S/C67H124N7O26P/c1-45(78)70-55-61(88)58(85)49(41-75)98-65(55)94-38-23-17-11-5-8-14-20-29-52(82)68-32-26-34-73(54(84)31-22-16-10-7-13-19-25-40-96-67-57(72-47(3)80)63(90)60(87)51(43-77)100-67)36-28-37-74(64(91)48(81)44-97-101(4,92)93)35-27-33-69-53(83)30-21-15-9-6-12-18-24-39-95-66-56(71-46(2)79)62(89)59(86)50(42-76)99-66/h48-51,55-63,65-67,75-77,81,85-90H,5-44H2,1-4H3,(H,68,82)(H,69,83)(H,70,78)(H,71,79)(H,72,80)(H,92,93)/t48?,49?,50?,51?,55?,56?,57?,58-,59-,60-,61+,62+,63+,65+,66+,67+/m0/s1. The normalized spacial score (nSPS) is 26.1. The minimum Gasteiger partial charge on any atom is -0.394 e. The second-order valence-electron chi connectivity index (χ2n) is 26.7. The molecule has 0 aliphatic carbocycles. The van der Waals surface area contributed by atoms with Crippen molar-refractivity contribution in [1.82, 2.24) is 36.4 Å². The van der Waals surface area contributed by atoms with Crippen LogP contribution < -0.4 is 26.6 Å². The molecule has 0 aromatic carbocycles. The van der Waals surface area contributed by atoms with Crippen molar-refractivity contribution in [2.75, 3.05) is 92.2 Å². The van der Waals surface area contributed by atoms with Crippen molar-refractivity contribution in [3.8, 4) is 0 Å². The number of aliphatic hydroxyl groups excluding tert-OH is 10. The summed E-state index contributed by atoms with van der Waals surface area (Å²) in [4.78, 5) is 101. The van der Waals surface area contributed by atoms with Gasteiger partial charge in [0.2, 0.25) is 35.4 Å². The van der Waals surface area contributed by atoms with E-state index in [0.29, 0.717) is 77.3 Å². The number of ether oxygens (including phenoxy) is 6. The van der Waals surface area contributed by atoms with Crippen LogP contribution in [0.5, 0.6) is 0 Å². The number of aliphatic hydroxyl groups is 10. The lowest BCUT2D eigenvalue weighted by atomic mass is 9.97. The first-order chi connectivity index (χ1) is 48.2. The maximum absolute atomic E-state index is 13.9. The molecule has 3 aliphatic rings. The van der Waals surface area contributed by atoms with Crippen LogP contribution in [0.4, 0.5) is 0 Å². The number of carbonyl (C=O) groups excluding carboxylic acids is 7. The number of amides is 7. The van der Waals surface area contributed by atoms with Crippen molar-refractivity contribution >= 4 is 48.9 Å². The first-order valence-electron chi connectivity index (χ1n) is 36.5. The number of hydrogen-bond donors (Lipinski definition) is 16. The third-order valence-corrected chi connectivity index (χ3v) is 18.5. The van der Waals surface area contributed by atoms with E-state index in [0.717, 1.165) is 103 Å². The van der Waals surface area contributed by atoms with Gasteiger partial charge in [0.15, 0.2) is 25.0 Å². The summed E-state index contributed by atoms with van der Waals surface area (Å²) in [6, 6.07) is -3.03. The van der Waals surface area contributed by atoms with Gasteiger partial charge in [0, 0.05) is 106 Å². The number of rotatable bonds is 55. The summed E-state index contributed by atoms with van der Waals surface area (Å²) in [6.45, 7) is 4.46. The molecule has 7 amide bonds. The van der Waals surface area contributed by atoms with Crippen LogP contribution in [0.25, 0.3) is 0 Å². The second-order valence-corrected chi connectivity index (χ2v) is 28.5. The van der Waals surface area contributed by atoms with E-state index in [1.807, 2.05) is 0 Å². The summed E-state index contributed by atoms with van der Waals surface area (Å²) < 4.78 is 51.0. The number of carbonyl (C=O) groups is 7. The lowest BCUT2D eigenvalue weighted by Crippen LogP contribution is -2.64. The van der Waals surface area contributed by atoms with E-state index >= 15 is 0 Å². The lowest BCUT2D eigenvalue weighted by Gasteiger charge is -2.42. The maximum Gasteiger partial charge on any atom is 0.325 e. The summed E-state index contributed by atoms with van der Waals surface area (Å²) in [6.07, 6.45) is 2.33. The largest absolute Gasteiger partial charge is 0.394 e. The molecule has 3 fully saturated rings. The molecule has 101 heavy (non-hydrogen) atoms. The molecule has 3 aliphatic heterocycles. The smallest absolute Gasteiger partial charge is 0.325 e. The van der Waals surface area contributed by atoms with E-state index < -0.39 is 156 Å². The van der Waals surface area contributed by atoms with Gasteiger partial charge in [0.1, 0.15) is 73.1 Å². The highest BCUT2D eigenvalue weighted by Gasteiger charge is 2.48. The average Bonchev–Trinajstić information content (AvgIpc) is 0.823. The Labute approximate surface area is 594 Å². The predicted octanol–water partition coefficient (Wildman–Crippen LogP) is -0.518. The van der Waals surface area contributed by atoms with E-state index in [2.05, 4.69) is 26.6 Å². The monoisotopic (exact) mass is 1470 g/mol. The Hall–Kier alpha value is -4.20. The fourth-order valence-electron chi connectivity index (χ4n) is 12.2. The maximum atomic E-state index is 13.9. The third-order valence-electron chi connectivity index (χ3n) is 17.9. The SMILES string of the molecule is CC(=O)NC1[C@H](OCCCCCCCCCC(=O)NCCCN(CCCN(CCCNC(=O)CCCCCCCCCO[C@@H]2OC(CO)[C@H](O)[C@H](O)C2NC(C)=O)C(=O)C(O)COP(C)(=O)O)C(=O)CCCCCCCCCO[C@@H]2OC(CO)[C@H](O)[C@H](O)C2NC(C)=O)OC(CO)[C@H](O)[C@@H]1O. The van der Waals surface area contributed by atoms with Crippen LogP contribution in [0.1, 0.15) is 194 Å². The number of unbranched alkanes of at least 4 members (excludes halogenated alkanes) is 18. The fraction of sp³-hybridized carbons (Fsp3) is 0.896. The quantitative estimate of drug-likeness (QED) is 0.0269. The number of nitrogens with one attached hydrogen (secondary N) is 5. The van der Waals surface area contributed by atoms with E-state index in [9.17, 15) is 94.1 Å². The van der Waals surface area contributed by atoms with Gasteiger partial charge >= 0.3 is 7.60 Å². The molecule has 0 aromatic heterocycles. The molecule has 0 bridgehead atoms. The van der Waals surface area contributed by atoms with Crippen molar-refractivity contribution in [2.45, 2.75) is 292 Å². The predicted molar refractivity (Wildman–Crippen MR) is 365 cm³/mol. The molecule has 16 N–H and O–H groups in total. The Morgan fingerprint density at radius 1 is 0.426 bits per heavy atom. The molecule has 33 nitrogen and oxygen atoms in total. The summed E-state index contributed by atoms with van der Waals surface area (Å²) in [5, 5.41) is 115. The lowest BCUT2D eigenvalue weighted by molar-refractivity contribution is -0.270. The van der Waals surface area contributed by atoms with Crippen molar-refractivity contribution < 1.29 is 127 Å². The van der Waals surface area contributed by atoms with Gasteiger partial charge in [-0.15, -0.1) is 0 Å². The van der Waals surface area contributed by atoms with Crippen molar-refractivity contribution in [3.63, 3.8) is 0 Å². The molecule has 0 spiro atoms. The Kier molecular flexibility index (Phi) is 46.8. The Morgan fingerprint density at radius 3 is 1.05 bits per heavy atom. The van der Waals surface area contributed by atoms with Gasteiger partial charge in [-0.1, -0.05) is 96.3 Å². The summed E-state index contributed by atoms with van der Waals surface area (Å²) in [5.41, 5.74) is 0. The van der Waals surface area contributed by atoms with Crippen molar-refractivity contribution in [3.05, 3.63) is 0 Å². The Bertz CT molecular complexity index is 2390. The zero-order chi connectivity index (χ0) is 74.7. The molecule has 0 aromatic rings. The zero-order valence-corrected chi connectivity index (χ0v) is 60.8. The molecule has 0 saturated carbocycles. The first-order valence-corrected chi connectivity index (χ1v) is 38.5. The molecule has 8 unspecified atom stereocenters. The van der Waals surface area contributed by atoms with E-state index in [-0.39, 0.29) is 76.6 Å². The van der Waals surface area contributed by atoms with Crippen molar-refractivity contribution in [1.29, 1.82) is 0 Å². The van der Waals surface area contributed by atoms with E-state index in [4.69, 9.17) is 32.9 Å². The molecule has 588 valence electrons. The average molecular weight is 1470 g/mol.